The average Bonchev–Trinajstić information content (AvgIpc) is 2.72. The number of hydrogen-bond donors (Lipinski definition) is 2. The van der Waals surface area contributed by atoms with Crippen LogP contribution in [0.4, 0.5) is 8.78 Å². The van der Waals surface area contributed by atoms with E-state index >= 15 is 0 Å². The van der Waals surface area contributed by atoms with Crippen LogP contribution in [0, 0.1) is 11.6 Å². The van der Waals surface area contributed by atoms with Crippen LogP contribution in [0.15, 0.2) is 22.7 Å². The van der Waals surface area contributed by atoms with Gasteiger partial charge in [-0.2, -0.15) is 5.10 Å². The van der Waals surface area contributed by atoms with E-state index in [1.54, 1.807) is 0 Å². The van der Waals surface area contributed by atoms with E-state index in [0.29, 0.717) is 4.47 Å². The SMILES string of the molecule is O=C(O)c1cc(-c2cc(F)c(F)cc2Br)n[nH]1. The number of carboxylic acids is 1. The molecule has 0 aliphatic rings. The van der Waals surface area contributed by atoms with E-state index in [4.69, 9.17) is 5.11 Å². The smallest absolute Gasteiger partial charge is 0.353 e. The summed E-state index contributed by atoms with van der Waals surface area (Å²) >= 11 is 3.06. The van der Waals surface area contributed by atoms with Crippen LogP contribution in [-0.2, 0) is 0 Å². The Balaban J connectivity index is 2.52. The number of carbonyl (C=O) groups is 1. The van der Waals surface area contributed by atoms with E-state index in [1.807, 2.05) is 0 Å². The second-order valence-electron chi connectivity index (χ2n) is 3.22. The van der Waals surface area contributed by atoms with Crippen LogP contribution in [-0.4, -0.2) is 21.3 Å². The molecule has 0 spiro atoms. The van der Waals surface area contributed by atoms with Crippen molar-refractivity contribution in [1.82, 2.24) is 10.2 Å². The Kier molecular flexibility index (Phi) is 2.93. The Bertz CT molecular complexity index is 598. The number of aromatic carboxylic acids is 1. The van der Waals surface area contributed by atoms with E-state index < -0.39 is 17.6 Å². The molecule has 88 valence electrons. The van der Waals surface area contributed by atoms with Gasteiger partial charge in [0.05, 0.1) is 5.69 Å². The van der Waals surface area contributed by atoms with Crippen LogP contribution in [0.25, 0.3) is 11.3 Å². The van der Waals surface area contributed by atoms with Gasteiger partial charge in [-0.25, -0.2) is 13.6 Å². The zero-order valence-corrected chi connectivity index (χ0v) is 9.75. The number of H-pyrrole nitrogens is 1. The number of aromatic amines is 1. The largest absolute Gasteiger partial charge is 0.477 e. The first-order valence-corrected chi connectivity index (χ1v) is 5.22. The van der Waals surface area contributed by atoms with Crippen LogP contribution in [0.5, 0.6) is 0 Å². The first kappa shape index (κ1) is 11.7. The molecule has 0 saturated heterocycles. The van der Waals surface area contributed by atoms with Gasteiger partial charge in [0.15, 0.2) is 11.6 Å². The zero-order chi connectivity index (χ0) is 12.6. The molecule has 0 radical (unpaired) electrons. The molecule has 17 heavy (non-hydrogen) atoms. The van der Waals surface area contributed by atoms with Crippen molar-refractivity contribution in [3.05, 3.63) is 40.0 Å². The van der Waals surface area contributed by atoms with E-state index in [2.05, 4.69) is 26.1 Å². The topological polar surface area (TPSA) is 66.0 Å². The van der Waals surface area contributed by atoms with E-state index in [1.165, 1.54) is 6.07 Å². The first-order chi connectivity index (χ1) is 7.99. The van der Waals surface area contributed by atoms with E-state index in [9.17, 15) is 13.6 Å². The third kappa shape index (κ3) is 2.19. The molecular formula is C10H5BrF2N2O2. The first-order valence-electron chi connectivity index (χ1n) is 4.42. The van der Waals surface area contributed by atoms with Crippen molar-refractivity contribution in [3.63, 3.8) is 0 Å². The molecule has 7 heteroatoms. The van der Waals surface area contributed by atoms with Crippen molar-refractivity contribution in [2.45, 2.75) is 0 Å². The van der Waals surface area contributed by atoms with Gasteiger partial charge in [0.1, 0.15) is 5.69 Å². The second kappa shape index (κ2) is 4.25. The molecule has 0 aliphatic carbocycles. The van der Waals surface area contributed by atoms with Crippen molar-refractivity contribution in [3.8, 4) is 11.3 Å². The molecule has 0 aliphatic heterocycles. The molecule has 0 unspecified atom stereocenters. The van der Waals surface area contributed by atoms with Gasteiger partial charge in [0.2, 0.25) is 0 Å². The number of benzene rings is 1. The number of aromatic nitrogens is 2. The van der Waals surface area contributed by atoms with Gasteiger partial charge in [0.25, 0.3) is 0 Å². The predicted octanol–water partition coefficient (Wildman–Crippen LogP) is 2.82. The number of carboxylic acid groups (broad SMARTS) is 1. The fourth-order valence-electron chi connectivity index (χ4n) is 1.29. The molecule has 0 amide bonds. The van der Waals surface area contributed by atoms with Crippen molar-refractivity contribution in [2.75, 3.05) is 0 Å². The summed E-state index contributed by atoms with van der Waals surface area (Å²) in [6.07, 6.45) is 0. The Morgan fingerprint density at radius 2 is 1.94 bits per heavy atom. The van der Waals surface area contributed by atoms with Gasteiger partial charge in [-0.05, 0) is 34.1 Å². The summed E-state index contributed by atoms with van der Waals surface area (Å²) in [5.41, 5.74) is 0.359. The fraction of sp³-hybridized carbons (Fsp3) is 0. The van der Waals surface area contributed by atoms with Crippen LogP contribution in [0.2, 0.25) is 0 Å². The maximum absolute atomic E-state index is 13.1. The monoisotopic (exact) mass is 302 g/mol. The molecule has 0 atom stereocenters. The molecule has 0 fully saturated rings. The minimum absolute atomic E-state index is 0.128. The molecule has 1 aromatic heterocycles. The quantitative estimate of drug-likeness (QED) is 0.838. The predicted molar refractivity (Wildman–Crippen MR) is 58.6 cm³/mol. The van der Waals surface area contributed by atoms with Gasteiger partial charge < -0.3 is 5.11 Å². The van der Waals surface area contributed by atoms with Crippen LogP contribution >= 0.6 is 15.9 Å². The molecule has 4 nitrogen and oxygen atoms in total. The number of nitrogens with one attached hydrogen (secondary N) is 1. The minimum atomic E-state index is -1.18. The maximum Gasteiger partial charge on any atom is 0.353 e. The highest BCUT2D eigenvalue weighted by Crippen LogP contribution is 2.29. The normalized spacial score (nSPS) is 10.5. The van der Waals surface area contributed by atoms with Crippen molar-refractivity contribution >= 4 is 21.9 Å². The molecular weight excluding hydrogens is 298 g/mol. The molecule has 1 aromatic carbocycles. The molecule has 1 heterocycles. The van der Waals surface area contributed by atoms with E-state index in [-0.39, 0.29) is 17.0 Å². The van der Waals surface area contributed by atoms with Crippen molar-refractivity contribution in [2.24, 2.45) is 0 Å². The van der Waals surface area contributed by atoms with Gasteiger partial charge in [0, 0.05) is 10.0 Å². The lowest BCUT2D eigenvalue weighted by molar-refractivity contribution is 0.0690. The molecule has 2 rings (SSSR count). The average molecular weight is 303 g/mol. The highest BCUT2D eigenvalue weighted by atomic mass is 79.9. The van der Waals surface area contributed by atoms with Gasteiger partial charge in [-0.1, -0.05) is 0 Å². The summed E-state index contributed by atoms with van der Waals surface area (Å²) in [7, 11) is 0. The van der Waals surface area contributed by atoms with Crippen molar-refractivity contribution in [1.29, 1.82) is 0 Å². The molecule has 0 bridgehead atoms. The third-order valence-electron chi connectivity index (χ3n) is 2.09. The van der Waals surface area contributed by atoms with Gasteiger partial charge in [-0.3, -0.25) is 5.10 Å². The Hall–Kier alpha value is -1.76. The Morgan fingerprint density at radius 3 is 2.53 bits per heavy atom. The highest BCUT2D eigenvalue weighted by Gasteiger charge is 2.14. The van der Waals surface area contributed by atoms with Gasteiger partial charge >= 0.3 is 5.97 Å². The third-order valence-corrected chi connectivity index (χ3v) is 2.75. The van der Waals surface area contributed by atoms with E-state index in [0.717, 1.165) is 12.1 Å². The summed E-state index contributed by atoms with van der Waals surface area (Å²) < 4.78 is 26.2. The lowest BCUT2D eigenvalue weighted by Crippen LogP contribution is -1.95. The molecule has 2 aromatic rings. The van der Waals surface area contributed by atoms with Gasteiger partial charge in [-0.15, -0.1) is 0 Å². The number of hydrogen-bond acceptors (Lipinski definition) is 2. The second-order valence-corrected chi connectivity index (χ2v) is 4.07. The number of rotatable bonds is 2. The maximum atomic E-state index is 13.1. The van der Waals surface area contributed by atoms with Crippen LogP contribution < -0.4 is 0 Å². The number of nitrogens with zero attached hydrogens (tertiary/aromatic N) is 1. The summed E-state index contributed by atoms with van der Waals surface area (Å²) in [6.45, 7) is 0. The highest BCUT2D eigenvalue weighted by molar-refractivity contribution is 9.10. The fourth-order valence-corrected chi connectivity index (χ4v) is 1.81. The summed E-state index contributed by atoms with van der Waals surface area (Å²) in [6, 6.07) is 3.14. The van der Waals surface area contributed by atoms with Crippen molar-refractivity contribution < 1.29 is 18.7 Å². The lowest BCUT2D eigenvalue weighted by Gasteiger charge is -2.01. The molecule has 2 N–H and O–H groups in total. The van der Waals surface area contributed by atoms with Crippen LogP contribution in [0.1, 0.15) is 10.5 Å². The summed E-state index contributed by atoms with van der Waals surface area (Å²) in [4.78, 5) is 10.6. The minimum Gasteiger partial charge on any atom is -0.477 e. The molecule has 0 saturated carbocycles. The number of halogens is 3. The summed E-state index contributed by atoms with van der Waals surface area (Å²) in [5, 5.41) is 14.7. The standard InChI is InChI=1S/C10H5BrF2N2O2/c11-5-2-7(13)6(12)1-4(5)8-3-9(10(16)17)15-14-8/h1-3H,(H,14,15)(H,16,17). The summed E-state index contributed by atoms with van der Waals surface area (Å²) in [5.74, 6) is -3.19. The Labute approximate surface area is 102 Å². The Morgan fingerprint density at radius 1 is 1.29 bits per heavy atom. The zero-order valence-electron chi connectivity index (χ0n) is 8.17. The van der Waals surface area contributed by atoms with Crippen LogP contribution in [0.3, 0.4) is 0 Å². The lowest BCUT2D eigenvalue weighted by atomic mass is 10.1.